The summed E-state index contributed by atoms with van der Waals surface area (Å²) in [7, 11) is 0. The zero-order chi connectivity index (χ0) is 27.8. The molecule has 7 aromatic rings. The van der Waals surface area contributed by atoms with E-state index in [0.29, 0.717) is 17.1 Å². The number of aromatic amines is 1. The first-order chi connectivity index (χ1) is 20.2. The number of para-hydroxylation sites is 2. The van der Waals surface area contributed by atoms with Crippen molar-refractivity contribution >= 4 is 62.8 Å². The molecule has 4 aromatic carbocycles. The maximum atomic E-state index is 9.80. The Hall–Kier alpha value is -4.57. The Balaban J connectivity index is 1.31. The second-order valence-electron chi connectivity index (χ2n) is 9.54. The predicted octanol–water partition coefficient (Wildman–Crippen LogP) is 7.44. The van der Waals surface area contributed by atoms with Gasteiger partial charge in [0.05, 0.1) is 23.2 Å². The second-order valence-corrected chi connectivity index (χ2v) is 11.1. The Morgan fingerprint density at radius 2 is 1.46 bits per heavy atom. The first-order valence-electron chi connectivity index (χ1n) is 13.1. The second kappa shape index (κ2) is 10.8. The molecule has 0 radical (unpaired) electrons. The number of hydrogen-bond donors (Lipinski definition) is 3. The van der Waals surface area contributed by atoms with Crippen LogP contribution in [0.4, 0.5) is 5.95 Å². The van der Waals surface area contributed by atoms with E-state index in [-0.39, 0.29) is 6.61 Å². The SMILES string of the molecule is OCc1ccccc1Sc1ccccc1CNc1nc(-n2c3ccccc3c3n[nH]c(=S)cc32)c2ccccc2n1. The summed E-state index contributed by atoms with van der Waals surface area (Å²) in [5.41, 5.74) is 5.55. The molecule has 0 aliphatic rings. The van der Waals surface area contributed by atoms with E-state index in [1.807, 2.05) is 78.9 Å². The Morgan fingerprint density at radius 1 is 0.780 bits per heavy atom. The largest absolute Gasteiger partial charge is 0.392 e. The van der Waals surface area contributed by atoms with Crippen molar-refractivity contribution in [2.45, 2.75) is 22.9 Å². The number of rotatable bonds is 7. The fourth-order valence-electron chi connectivity index (χ4n) is 5.07. The standard InChI is InChI=1S/C32H24N6OS2/c39-19-21-10-2-8-16-28(21)41-27-15-7-1-9-20(27)18-33-32-34-24-13-5-3-11-22(24)31(35-32)38-25-14-6-4-12-23(25)30-26(38)17-29(40)36-37-30/h1-17,39H,18-19H2,(H,36,40)(H,33,34,35). The number of aromatic nitrogens is 5. The Bertz CT molecular complexity index is 2120. The minimum absolute atomic E-state index is 0.000563. The molecule has 3 heterocycles. The highest BCUT2D eigenvalue weighted by Crippen LogP contribution is 2.35. The van der Waals surface area contributed by atoms with Crippen molar-refractivity contribution < 1.29 is 5.11 Å². The van der Waals surface area contributed by atoms with E-state index in [1.54, 1.807) is 11.8 Å². The third-order valence-electron chi connectivity index (χ3n) is 7.00. The molecule has 7 nitrogen and oxygen atoms in total. The summed E-state index contributed by atoms with van der Waals surface area (Å²) < 4.78 is 2.67. The smallest absolute Gasteiger partial charge is 0.225 e. The summed E-state index contributed by atoms with van der Waals surface area (Å²) in [6.45, 7) is 0.531. The molecule has 3 N–H and O–H groups in total. The van der Waals surface area contributed by atoms with Gasteiger partial charge >= 0.3 is 0 Å². The normalized spacial score (nSPS) is 11.4. The van der Waals surface area contributed by atoms with Gasteiger partial charge in [0.2, 0.25) is 5.95 Å². The van der Waals surface area contributed by atoms with Gasteiger partial charge in [-0.15, -0.1) is 0 Å². The first-order valence-corrected chi connectivity index (χ1v) is 14.4. The number of nitrogens with zero attached hydrogens (tertiary/aromatic N) is 4. The molecular formula is C32H24N6OS2. The van der Waals surface area contributed by atoms with E-state index in [1.165, 1.54) is 0 Å². The highest BCUT2D eigenvalue weighted by Gasteiger charge is 2.18. The number of nitrogens with one attached hydrogen (secondary N) is 2. The van der Waals surface area contributed by atoms with Crippen molar-refractivity contribution in [1.29, 1.82) is 0 Å². The van der Waals surface area contributed by atoms with Crippen molar-refractivity contribution in [3.05, 3.63) is 119 Å². The fourth-order valence-corrected chi connectivity index (χ4v) is 6.30. The van der Waals surface area contributed by atoms with Gasteiger partial charge in [-0.2, -0.15) is 10.1 Å². The molecule has 0 spiro atoms. The van der Waals surface area contributed by atoms with E-state index in [9.17, 15) is 5.11 Å². The lowest BCUT2D eigenvalue weighted by Gasteiger charge is -2.14. The van der Waals surface area contributed by atoms with Crippen molar-refractivity contribution in [2.24, 2.45) is 0 Å². The number of anilines is 1. The van der Waals surface area contributed by atoms with E-state index in [0.717, 1.165) is 59.6 Å². The molecule has 41 heavy (non-hydrogen) atoms. The minimum atomic E-state index is 0.000563. The summed E-state index contributed by atoms with van der Waals surface area (Å²) in [4.78, 5) is 12.1. The van der Waals surface area contributed by atoms with Crippen LogP contribution in [0.3, 0.4) is 0 Å². The highest BCUT2D eigenvalue weighted by atomic mass is 32.2. The van der Waals surface area contributed by atoms with Crippen LogP contribution in [-0.2, 0) is 13.2 Å². The van der Waals surface area contributed by atoms with Gasteiger partial charge in [-0.05, 0) is 41.5 Å². The van der Waals surface area contributed by atoms with Gasteiger partial charge in [0.25, 0.3) is 0 Å². The molecule has 0 atom stereocenters. The molecule has 0 fully saturated rings. The number of aliphatic hydroxyl groups excluding tert-OH is 1. The molecule has 0 amide bonds. The molecule has 0 saturated heterocycles. The van der Waals surface area contributed by atoms with Gasteiger partial charge < -0.3 is 10.4 Å². The van der Waals surface area contributed by atoms with Crippen LogP contribution in [0, 0.1) is 4.64 Å². The maximum Gasteiger partial charge on any atom is 0.225 e. The Labute approximate surface area is 244 Å². The van der Waals surface area contributed by atoms with Gasteiger partial charge in [0, 0.05) is 33.2 Å². The van der Waals surface area contributed by atoms with Gasteiger partial charge in [-0.3, -0.25) is 9.67 Å². The topological polar surface area (TPSA) is 91.6 Å². The average molecular weight is 573 g/mol. The van der Waals surface area contributed by atoms with Crippen molar-refractivity contribution in [2.75, 3.05) is 5.32 Å². The van der Waals surface area contributed by atoms with Crippen LogP contribution in [0.15, 0.2) is 113 Å². The summed E-state index contributed by atoms with van der Waals surface area (Å²) >= 11 is 7.10. The van der Waals surface area contributed by atoms with E-state index in [4.69, 9.17) is 22.2 Å². The lowest BCUT2D eigenvalue weighted by atomic mass is 10.2. The zero-order valence-electron chi connectivity index (χ0n) is 21.8. The summed E-state index contributed by atoms with van der Waals surface area (Å²) in [5, 5.41) is 22.7. The third kappa shape index (κ3) is 4.74. The number of fused-ring (bicyclic) bond motifs is 4. The molecule has 7 rings (SSSR count). The molecule has 3 aromatic heterocycles. The number of aliphatic hydroxyl groups is 1. The average Bonchev–Trinajstić information content (AvgIpc) is 3.33. The van der Waals surface area contributed by atoms with Crippen LogP contribution in [0.25, 0.3) is 38.7 Å². The number of hydrogen-bond acceptors (Lipinski definition) is 7. The lowest BCUT2D eigenvalue weighted by Crippen LogP contribution is -2.08. The third-order valence-corrected chi connectivity index (χ3v) is 8.44. The molecule has 200 valence electrons. The van der Waals surface area contributed by atoms with Crippen molar-refractivity contribution in [3.63, 3.8) is 0 Å². The van der Waals surface area contributed by atoms with E-state index in [2.05, 4.69) is 44.3 Å². The Morgan fingerprint density at radius 3 is 2.29 bits per heavy atom. The number of H-pyrrole nitrogens is 1. The summed E-state index contributed by atoms with van der Waals surface area (Å²) in [5.74, 6) is 1.28. The van der Waals surface area contributed by atoms with Crippen LogP contribution in [0.5, 0.6) is 0 Å². The van der Waals surface area contributed by atoms with Crippen LogP contribution in [0.1, 0.15) is 11.1 Å². The van der Waals surface area contributed by atoms with Crippen molar-refractivity contribution in [1.82, 2.24) is 24.7 Å². The predicted molar refractivity (Wildman–Crippen MR) is 167 cm³/mol. The molecule has 0 aliphatic heterocycles. The quantitative estimate of drug-likeness (QED) is 0.171. The summed E-state index contributed by atoms with van der Waals surface area (Å²) in [6, 6.07) is 34.3. The van der Waals surface area contributed by atoms with Gasteiger partial charge in [0.15, 0.2) is 5.82 Å². The first kappa shape index (κ1) is 25.4. The Kier molecular flexibility index (Phi) is 6.68. The molecular weight excluding hydrogens is 549 g/mol. The number of benzene rings is 4. The van der Waals surface area contributed by atoms with Crippen molar-refractivity contribution in [3.8, 4) is 5.82 Å². The highest BCUT2D eigenvalue weighted by molar-refractivity contribution is 7.99. The zero-order valence-corrected chi connectivity index (χ0v) is 23.4. The monoisotopic (exact) mass is 572 g/mol. The van der Waals surface area contributed by atoms with Crippen LogP contribution in [-0.4, -0.2) is 29.8 Å². The molecule has 9 heteroatoms. The molecule has 0 aliphatic carbocycles. The minimum Gasteiger partial charge on any atom is -0.392 e. The van der Waals surface area contributed by atoms with Gasteiger partial charge in [-0.25, -0.2) is 4.98 Å². The van der Waals surface area contributed by atoms with Crippen LogP contribution >= 0.6 is 24.0 Å². The van der Waals surface area contributed by atoms with Crippen LogP contribution in [0.2, 0.25) is 0 Å². The van der Waals surface area contributed by atoms with Gasteiger partial charge in [-0.1, -0.05) is 90.7 Å². The maximum absolute atomic E-state index is 9.80. The molecule has 0 saturated carbocycles. The van der Waals surface area contributed by atoms with E-state index >= 15 is 0 Å². The van der Waals surface area contributed by atoms with Crippen LogP contribution < -0.4 is 5.32 Å². The van der Waals surface area contributed by atoms with Gasteiger partial charge in [0.1, 0.15) is 10.2 Å². The lowest BCUT2D eigenvalue weighted by molar-refractivity contribution is 0.279. The molecule has 0 unspecified atom stereocenters. The van der Waals surface area contributed by atoms with E-state index < -0.39 is 0 Å². The summed E-state index contributed by atoms with van der Waals surface area (Å²) in [6.07, 6.45) is 0. The molecule has 0 bridgehead atoms. The fraction of sp³-hybridized carbons (Fsp3) is 0.0625.